The van der Waals surface area contributed by atoms with Gasteiger partial charge in [0.2, 0.25) is 18.1 Å². The maximum Gasteiger partial charge on any atom is 0.310 e. The summed E-state index contributed by atoms with van der Waals surface area (Å²) < 4.78 is 4.57. The van der Waals surface area contributed by atoms with E-state index in [-0.39, 0.29) is 25.4 Å². The minimum Gasteiger partial charge on any atom is -0.434 e. The minimum atomic E-state index is -1.36. The van der Waals surface area contributed by atoms with Crippen LogP contribution in [0.4, 0.5) is 0 Å². The van der Waals surface area contributed by atoms with Crippen molar-refractivity contribution < 1.29 is 24.2 Å². The maximum atomic E-state index is 12.3. The molecule has 2 rings (SSSR count). The standard InChI is InChI=1S/C16H24N4O5/c1-2-5-18-7-10-3-4-11(17)15(23)20(8-10)9-13(21)19-12-6-14(22)25-16(12)24/h2-3,11-12,16,18,24H,1,4-9,17H2,(H,19,21). The van der Waals surface area contributed by atoms with E-state index >= 15 is 0 Å². The van der Waals surface area contributed by atoms with E-state index in [1.807, 2.05) is 6.08 Å². The Hall–Kier alpha value is -2.23. The van der Waals surface area contributed by atoms with Crippen molar-refractivity contribution in [1.82, 2.24) is 15.5 Å². The van der Waals surface area contributed by atoms with Crippen LogP contribution in [0.15, 0.2) is 24.3 Å². The number of amides is 2. The third kappa shape index (κ3) is 5.38. The molecule has 0 saturated carbocycles. The third-order valence-electron chi connectivity index (χ3n) is 3.99. The minimum absolute atomic E-state index is 0.100. The second-order valence-corrected chi connectivity index (χ2v) is 6.08. The summed E-state index contributed by atoms with van der Waals surface area (Å²) in [5.41, 5.74) is 6.81. The van der Waals surface area contributed by atoms with Crippen LogP contribution >= 0.6 is 0 Å². The predicted octanol–water partition coefficient (Wildman–Crippen LogP) is -2.00. The lowest BCUT2D eigenvalue weighted by Crippen LogP contribution is -2.50. The first-order chi connectivity index (χ1) is 11.9. The number of carbonyl (C=O) groups is 3. The Kier molecular flexibility index (Phi) is 6.68. The Morgan fingerprint density at radius 1 is 1.52 bits per heavy atom. The van der Waals surface area contributed by atoms with Crippen LogP contribution in [0.5, 0.6) is 0 Å². The van der Waals surface area contributed by atoms with Crippen LogP contribution in [0.3, 0.4) is 0 Å². The van der Waals surface area contributed by atoms with Gasteiger partial charge in [-0.2, -0.15) is 0 Å². The van der Waals surface area contributed by atoms with Crippen molar-refractivity contribution in [2.24, 2.45) is 5.73 Å². The van der Waals surface area contributed by atoms with Gasteiger partial charge in [0.1, 0.15) is 6.04 Å². The molecule has 0 spiro atoms. The van der Waals surface area contributed by atoms with E-state index in [4.69, 9.17) is 5.73 Å². The van der Waals surface area contributed by atoms with E-state index in [2.05, 4.69) is 21.9 Å². The third-order valence-corrected chi connectivity index (χ3v) is 3.99. The number of hydrogen-bond acceptors (Lipinski definition) is 7. The van der Waals surface area contributed by atoms with Gasteiger partial charge in [-0.05, 0) is 12.0 Å². The lowest BCUT2D eigenvalue weighted by Gasteiger charge is -2.24. The lowest BCUT2D eigenvalue weighted by molar-refractivity contribution is -0.155. The molecule has 0 radical (unpaired) electrons. The van der Waals surface area contributed by atoms with Gasteiger partial charge in [-0.1, -0.05) is 12.2 Å². The number of aliphatic hydroxyl groups is 1. The van der Waals surface area contributed by atoms with E-state index in [1.54, 1.807) is 6.08 Å². The first-order valence-corrected chi connectivity index (χ1v) is 8.11. The van der Waals surface area contributed by atoms with Crippen molar-refractivity contribution >= 4 is 17.8 Å². The molecule has 5 N–H and O–H groups in total. The smallest absolute Gasteiger partial charge is 0.310 e. The van der Waals surface area contributed by atoms with Crippen molar-refractivity contribution in [2.75, 3.05) is 26.2 Å². The van der Waals surface area contributed by atoms with Crippen LogP contribution in [-0.2, 0) is 19.1 Å². The van der Waals surface area contributed by atoms with Gasteiger partial charge in [-0.25, -0.2) is 0 Å². The zero-order valence-corrected chi connectivity index (χ0v) is 13.9. The van der Waals surface area contributed by atoms with Gasteiger partial charge in [0.15, 0.2) is 0 Å². The normalized spacial score (nSPS) is 26.7. The van der Waals surface area contributed by atoms with E-state index in [9.17, 15) is 19.5 Å². The number of ether oxygens (including phenoxy) is 1. The van der Waals surface area contributed by atoms with Gasteiger partial charge in [0, 0.05) is 19.6 Å². The molecule has 0 aromatic carbocycles. The molecule has 0 aliphatic carbocycles. The second-order valence-electron chi connectivity index (χ2n) is 6.08. The summed E-state index contributed by atoms with van der Waals surface area (Å²) >= 11 is 0. The Bertz CT molecular complexity index is 577. The first-order valence-electron chi connectivity index (χ1n) is 8.11. The van der Waals surface area contributed by atoms with Crippen molar-refractivity contribution in [1.29, 1.82) is 0 Å². The summed E-state index contributed by atoms with van der Waals surface area (Å²) in [6, 6.07) is -1.51. The fourth-order valence-electron chi connectivity index (χ4n) is 2.71. The molecule has 138 valence electrons. The van der Waals surface area contributed by atoms with Crippen molar-refractivity contribution in [2.45, 2.75) is 31.2 Å². The van der Waals surface area contributed by atoms with Crippen LogP contribution < -0.4 is 16.4 Å². The number of carbonyl (C=O) groups excluding carboxylic acids is 3. The average Bonchev–Trinajstić information content (AvgIpc) is 2.80. The molecule has 2 amide bonds. The van der Waals surface area contributed by atoms with E-state index in [0.29, 0.717) is 19.5 Å². The molecule has 1 saturated heterocycles. The average molecular weight is 352 g/mol. The number of nitrogens with zero attached hydrogens (tertiary/aromatic N) is 1. The maximum absolute atomic E-state index is 12.3. The Morgan fingerprint density at radius 3 is 2.92 bits per heavy atom. The molecule has 9 nitrogen and oxygen atoms in total. The molecule has 1 fully saturated rings. The highest BCUT2D eigenvalue weighted by molar-refractivity contribution is 5.88. The molecule has 0 aromatic heterocycles. The highest BCUT2D eigenvalue weighted by Gasteiger charge is 2.35. The second kappa shape index (κ2) is 8.75. The number of esters is 1. The summed E-state index contributed by atoms with van der Waals surface area (Å²) in [6.07, 6.45) is 2.58. The van der Waals surface area contributed by atoms with Crippen LogP contribution in [-0.4, -0.2) is 72.3 Å². The molecule has 2 aliphatic rings. The van der Waals surface area contributed by atoms with E-state index < -0.39 is 30.3 Å². The van der Waals surface area contributed by atoms with Crippen molar-refractivity contribution in [3.05, 3.63) is 24.3 Å². The Labute approximate surface area is 145 Å². The van der Waals surface area contributed by atoms with Gasteiger partial charge in [0.25, 0.3) is 0 Å². The van der Waals surface area contributed by atoms with Crippen molar-refractivity contribution in [3.8, 4) is 0 Å². The summed E-state index contributed by atoms with van der Waals surface area (Å²) in [6.45, 7) is 4.90. The van der Waals surface area contributed by atoms with Crippen LogP contribution in [0.25, 0.3) is 0 Å². The Balaban J connectivity index is 1.94. The molecule has 2 heterocycles. The zero-order valence-electron chi connectivity index (χ0n) is 13.9. The molecular weight excluding hydrogens is 328 g/mol. The molecule has 3 atom stereocenters. The van der Waals surface area contributed by atoms with Gasteiger partial charge >= 0.3 is 5.97 Å². The van der Waals surface area contributed by atoms with Gasteiger partial charge in [-0.3, -0.25) is 14.4 Å². The molecule has 3 unspecified atom stereocenters. The number of cyclic esters (lactones) is 1. The summed E-state index contributed by atoms with van der Waals surface area (Å²) in [7, 11) is 0. The number of hydrogen-bond donors (Lipinski definition) is 4. The number of rotatable bonds is 7. The van der Waals surface area contributed by atoms with Crippen LogP contribution in [0, 0.1) is 0 Å². The van der Waals surface area contributed by atoms with Gasteiger partial charge in [-0.15, -0.1) is 6.58 Å². The lowest BCUT2D eigenvalue weighted by atomic mass is 10.2. The molecule has 0 aromatic rings. The highest BCUT2D eigenvalue weighted by Crippen LogP contribution is 2.13. The fraction of sp³-hybridized carbons (Fsp3) is 0.562. The topological polar surface area (TPSA) is 134 Å². The molecule has 9 heteroatoms. The highest BCUT2D eigenvalue weighted by atomic mass is 16.6. The molecule has 0 bridgehead atoms. The van der Waals surface area contributed by atoms with Gasteiger partial charge < -0.3 is 31.1 Å². The summed E-state index contributed by atoms with van der Waals surface area (Å²) in [5, 5.41) is 15.2. The van der Waals surface area contributed by atoms with Gasteiger partial charge in [0.05, 0.1) is 19.0 Å². The van der Waals surface area contributed by atoms with Crippen molar-refractivity contribution in [3.63, 3.8) is 0 Å². The predicted molar refractivity (Wildman–Crippen MR) is 89.0 cm³/mol. The zero-order chi connectivity index (χ0) is 18.4. The van der Waals surface area contributed by atoms with Crippen LogP contribution in [0.1, 0.15) is 12.8 Å². The molecule has 2 aliphatic heterocycles. The number of nitrogens with two attached hydrogens (primary N) is 1. The fourth-order valence-corrected chi connectivity index (χ4v) is 2.71. The van der Waals surface area contributed by atoms with E-state index in [1.165, 1.54) is 4.90 Å². The number of aliphatic hydroxyl groups excluding tert-OH is 1. The monoisotopic (exact) mass is 352 g/mol. The molecule has 25 heavy (non-hydrogen) atoms. The van der Waals surface area contributed by atoms with Crippen LogP contribution in [0.2, 0.25) is 0 Å². The number of nitrogens with one attached hydrogen (secondary N) is 2. The Morgan fingerprint density at radius 2 is 2.28 bits per heavy atom. The largest absolute Gasteiger partial charge is 0.434 e. The first kappa shape index (κ1) is 19.1. The van der Waals surface area contributed by atoms with E-state index in [0.717, 1.165) is 5.57 Å². The SMILES string of the molecule is C=CCNCC1=CCC(N)C(=O)N(CC(=O)NC2CC(=O)OC2O)C1. The summed E-state index contributed by atoms with van der Waals surface area (Å²) in [4.78, 5) is 37.0. The quantitative estimate of drug-likeness (QED) is 0.236. The molecular formula is C16H24N4O5. The summed E-state index contributed by atoms with van der Waals surface area (Å²) in [5.74, 6) is -1.38.